The molecule has 0 fully saturated rings. The summed E-state index contributed by atoms with van der Waals surface area (Å²) < 4.78 is 41.5. The van der Waals surface area contributed by atoms with Crippen molar-refractivity contribution in [3.05, 3.63) is 29.3 Å². The monoisotopic (exact) mass is 232 g/mol. The van der Waals surface area contributed by atoms with Crippen molar-refractivity contribution >= 4 is 5.78 Å². The van der Waals surface area contributed by atoms with Crippen LogP contribution in [0.3, 0.4) is 0 Å². The molecular formula is C11H11F3O2. The molecule has 16 heavy (non-hydrogen) atoms. The van der Waals surface area contributed by atoms with Crippen molar-refractivity contribution in [2.24, 2.45) is 0 Å². The molecule has 5 heteroatoms. The van der Waals surface area contributed by atoms with E-state index in [-0.39, 0.29) is 11.3 Å². The number of benzene rings is 1. The van der Waals surface area contributed by atoms with Crippen molar-refractivity contribution < 1.29 is 22.7 Å². The van der Waals surface area contributed by atoms with Gasteiger partial charge in [0.1, 0.15) is 5.75 Å². The van der Waals surface area contributed by atoms with Crippen molar-refractivity contribution in [2.45, 2.75) is 19.5 Å². The number of rotatable bonds is 3. The molecule has 1 aromatic carbocycles. The summed E-state index contributed by atoms with van der Waals surface area (Å²) in [5, 5.41) is 0. The number of carbonyl (C=O) groups excluding carboxylic acids is 1. The van der Waals surface area contributed by atoms with Crippen molar-refractivity contribution in [3.8, 4) is 5.75 Å². The second-order valence-corrected chi connectivity index (χ2v) is 3.25. The SMILES string of the molecule is CCc1cc(OC)cc(C(=O)C(F)(F)F)c1. The maximum Gasteiger partial charge on any atom is 0.454 e. The summed E-state index contributed by atoms with van der Waals surface area (Å²) in [4.78, 5) is 11.0. The van der Waals surface area contributed by atoms with Crippen LogP contribution >= 0.6 is 0 Å². The van der Waals surface area contributed by atoms with Crippen LogP contribution in [0.15, 0.2) is 18.2 Å². The minimum Gasteiger partial charge on any atom is -0.497 e. The maximum atomic E-state index is 12.2. The average Bonchev–Trinajstić information content (AvgIpc) is 2.26. The first kappa shape index (κ1) is 12.5. The lowest BCUT2D eigenvalue weighted by molar-refractivity contribution is -0.0885. The number of Topliss-reactive ketones (excluding diaryl/α,β-unsaturated/α-hetero) is 1. The van der Waals surface area contributed by atoms with Crippen LogP contribution in [0.4, 0.5) is 13.2 Å². The van der Waals surface area contributed by atoms with Crippen LogP contribution in [0.2, 0.25) is 0 Å². The van der Waals surface area contributed by atoms with Crippen LogP contribution in [0, 0.1) is 0 Å². The number of aryl methyl sites for hydroxylation is 1. The van der Waals surface area contributed by atoms with Crippen molar-refractivity contribution in [1.29, 1.82) is 0 Å². The number of alkyl halides is 3. The van der Waals surface area contributed by atoms with E-state index < -0.39 is 12.0 Å². The third-order valence-corrected chi connectivity index (χ3v) is 2.13. The zero-order chi connectivity index (χ0) is 12.3. The Hall–Kier alpha value is -1.52. The van der Waals surface area contributed by atoms with E-state index in [0.29, 0.717) is 12.0 Å². The summed E-state index contributed by atoms with van der Waals surface area (Å²) in [6.45, 7) is 1.79. The minimum absolute atomic E-state index is 0.256. The lowest BCUT2D eigenvalue weighted by Gasteiger charge is -2.09. The fraction of sp³-hybridized carbons (Fsp3) is 0.364. The normalized spacial score (nSPS) is 11.3. The Morgan fingerprint density at radius 2 is 1.94 bits per heavy atom. The van der Waals surface area contributed by atoms with Gasteiger partial charge in [0.05, 0.1) is 7.11 Å². The molecule has 0 aliphatic heterocycles. The van der Waals surface area contributed by atoms with Crippen LogP contribution in [0.25, 0.3) is 0 Å². The number of ether oxygens (including phenoxy) is 1. The van der Waals surface area contributed by atoms with Crippen LogP contribution in [0.1, 0.15) is 22.8 Å². The standard InChI is InChI=1S/C11H11F3O2/c1-3-7-4-8(6-9(5-7)16-2)10(15)11(12,13)14/h4-6H,3H2,1-2H3. The molecule has 0 spiro atoms. The molecule has 0 aliphatic carbocycles. The molecule has 0 radical (unpaired) electrons. The van der Waals surface area contributed by atoms with Gasteiger partial charge >= 0.3 is 6.18 Å². The molecule has 0 heterocycles. The van der Waals surface area contributed by atoms with Gasteiger partial charge in [-0.25, -0.2) is 0 Å². The lowest BCUT2D eigenvalue weighted by atomic mass is 10.0. The second-order valence-electron chi connectivity index (χ2n) is 3.25. The number of halogens is 3. The summed E-state index contributed by atoms with van der Waals surface area (Å²) in [6.07, 6.45) is -4.31. The molecule has 0 aromatic heterocycles. The smallest absolute Gasteiger partial charge is 0.454 e. The molecule has 1 aromatic rings. The van der Waals surface area contributed by atoms with Gasteiger partial charge in [0.15, 0.2) is 0 Å². The topological polar surface area (TPSA) is 26.3 Å². The van der Waals surface area contributed by atoms with E-state index in [2.05, 4.69) is 0 Å². The first-order valence-electron chi connectivity index (χ1n) is 4.68. The Bertz CT molecular complexity index is 374. The molecule has 2 nitrogen and oxygen atoms in total. The Morgan fingerprint density at radius 3 is 2.38 bits per heavy atom. The summed E-state index contributed by atoms with van der Waals surface area (Å²) in [5.41, 5.74) is 0.246. The zero-order valence-electron chi connectivity index (χ0n) is 8.89. The molecule has 88 valence electrons. The van der Waals surface area contributed by atoms with Gasteiger partial charge in [-0.05, 0) is 30.2 Å². The molecule has 0 aliphatic rings. The number of ketones is 1. The maximum absolute atomic E-state index is 12.2. The summed E-state index contributed by atoms with van der Waals surface area (Å²) >= 11 is 0. The first-order valence-corrected chi connectivity index (χ1v) is 4.68. The van der Waals surface area contributed by atoms with Crippen molar-refractivity contribution in [1.82, 2.24) is 0 Å². The minimum atomic E-state index is -4.85. The van der Waals surface area contributed by atoms with E-state index in [1.165, 1.54) is 13.2 Å². The van der Waals surface area contributed by atoms with Gasteiger partial charge in [0, 0.05) is 5.56 Å². The van der Waals surface area contributed by atoms with Gasteiger partial charge in [-0.3, -0.25) is 4.79 Å². The highest BCUT2D eigenvalue weighted by Crippen LogP contribution is 2.25. The third kappa shape index (κ3) is 2.74. The van der Waals surface area contributed by atoms with Crippen LogP contribution < -0.4 is 4.74 Å². The molecule has 0 bridgehead atoms. The van der Waals surface area contributed by atoms with Crippen molar-refractivity contribution in [3.63, 3.8) is 0 Å². The van der Waals surface area contributed by atoms with Gasteiger partial charge in [-0.2, -0.15) is 13.2 Å². The molecule has 0 N–H and O–H groups in total. The van der Waals surface area contributed by atoms with E-state index in [4.69, 9.17) is 4.74 Å². The van der Waals surface area contributed by atoms with Crippen LogP contribution in [-0.4, -0.2) is 19.1 Å². The van der Waals surface area contributed by atoms with E-state index in [1.54, 1.807) is 13.0 Å². The van der Waals surface area contributed by atoms with Crippen molar-refractivity contribution in [2.75, 3.05) is 7.11 Å². The quantitative estimate of drug-likeness (QED) is 0.749. The fourth-order valence-corrected chi connectivity index (χ4v) is 1.28. The molecule has 0 saturated heterocycles. The number of carbonyl (C=O) groups is 1. The van der Waals surface area contributed by atoms with E-state index in [1.807, 2.05) is 0 Å². The van der Waals surface area contributed by atoms with E-state index in [0.717, 1.165) is 6.07 Å². The lowest BCUT2D eigenvalue weighted by Crippen LogP contribution is -2.22. The predicted octanol–water partition coefficient (Wildman–Crippen LogP) is 3.00. The highest BCUT2D eigenvalue weighted by atomic mass is 19.4. The predicted molar refractivity (Wildman–Crippen MR) is 52.8 cm³/mol. The molecule has 0 amide bonds. The Labute approximate surface area is 91.0 Å². The third-order valence-electron chi connectivity index (χ3n) is 2.13. The van der Waals surface area contributed by atoms with Gasteiger partial charge in [0.2, 0.25) is 0 Å². The molecule has 0 unspecified atom stereocenters. The van der Waals surface area contributed by atoms with Gasteiger partial charge in [-0.15, -0.1) is 0 Å². The Morgan fingerprint density at radius 1 is 1.31 bits per heavy atom. The zero-order valence-corrected chi connectivity index (χ0v) is 8.89. The number of hydrogen-bond acceptors (Lipinski definition) is 2. The molecule has 0 atom stereocenters. The highest BCUT2D eigenvalue weighted by Gasteiger charge is 2.39. The Kier molecular flexibility index (Phi) is 3.57. The Balaban J connectivity index is 3.18. The summed E-state index contributed by atoms with van der Waals surface area (Å²) in [7, 11) is 1.34. The van der Waals surface area contributed by atoms with Gasteiger partial charge in [-0.1, -0.05) is 6.92 Å². The van der Waals surface area contributed by atoms with E-state index >= 15 is 0 Å². The van der Waals surface area contributed by atoms with E-state index in [9.17, 15) is 18.0 Å². The number of methoxy groups -OCH3 is 1. The van der Waals surface area contributed by atoms with Gasteiger partial charge < -0.3 is 4.74 Å². The van der Waals surface area contributed by atoms with Crippen LogP contribution in [-0.2, 0) is 6.42 Å². The first-order chi connectivity index (χ1) is 7.38. The molecule has 1 rings (SSSR count). The largest absolute Gasteiger partial charge is 0.497 e. The summed E-state index contributed by atoms with van der Waals surface area (Å²) in [6, 6.07) is 3.93. The average molecular weight is 232 g/mol. The van der Waals surface area contributed by atoms with Crippen LogP contribution in [0.5, 0.6) is 5.75 Å². The highest BCUT2D eigenvalue weighted by molar-refractivity contribution is 6.00. The number of hydrogen-bond donors (Lipinski definition) is 0. The molecular weight excluding hydrogens is 221 g/mol. The fourth-order valence-electron chi connectivity index (χ4n) is 1.28. The van der Waals surface area contributed by atoms with Gasteiger partial charge in [0.25, 0.3) is 5.78 Å². The summed E-state index contributed by atoms with van der Waals surface area (Å²) in [5.74, 6) is -1.59. The second kappa shape index (κ2) is 4.55. The molecule has 0 saturated carbocycles.